The number of carbonyl (C=O) groups is 1. The van der Waals surface area contributed by atoms with Gasteiger partial charge < -0.3 is 15.6 Å². The molecule has 0 radical (unpaired) electrons. The highest BCUT2D eigenvalue weighted by molar-refractivity contribution is 6.34. The Kier molecular flexibility index (Phi) is 5.94. The summed E-state index contributed by atoms with van der Waals surface area (Å²) in [5.74, 6) is -0.534. The molecular weight excluding hydrogens is 473 g/mol. The molecule has 35 heavy (non-hydrogen) atoms. The second-order valence-electron chi connectivity index (χ2n) is 7.48. The van der Waals surface area contributed by atoms with Gasteiger partial charge in [-0.1, -0.05) is 47.1 Å². The molecule has 0 aliphatic carbocycles. The highest BCUT2D eigenvalue weighted by atomic mass is 35.5. The Morgan fingerprint density at radius 2 is 1.91 bits per heavy atom. The van der Waals surface area contributed by atoms with Crippen LogP contribution in [0.15, 0.2) is 77.6 Å². The molecule has 0 aliphatic rings. The Labute approximate surface area is 203 Å². The highest BCUT2D eigenvalue weighted by Crippen LogP contribution is 2.27. The Hall–Kier alpha value is -4.57. The van der Waals surface area contributed by atoms with E-state index in [0.29, 0.717) is 33.2 Å². The fourth-order valence-electron chi connectivity index (χ4n) is 3.44. The molecule has 0 bridgehead atoms. The van der Waals surface area contributed by atoms with Crippen molar-refractivity contribution in [1.82, 2.24) is 24.9 Å². The number of nitrogens with two attached hydrogens (primary N) is 1. The summed E-state index contributed by atoms with van der Waals surface area (Å²) in [5.41, 5.74) is 8.54. The molecule has 0 fully saturated rings. The van der Waals surface area contributed by atoms with E-state index in [-0.39, 0.29) is 29.7 Å². The van der Waals surface area contributed by atoms with Gasteiger partial charge in [0.2, 0.25) is 0 Å². The van der Waals surface area contributed by atoms with Gasteiger partial charge in [0.1, 0.15) is 29.2 Å². The van der Waals surface area contributed by atoms with Crippen LogP contribution in [0.2, 0.25) is 5.02 Å². The number of hydrogen-bond acceptors (Lipinski definition) is 7. The lowest BCUT2D eigenvalue weighted by Gasteiger charge is -2.09. The minimum atomic E-state index is -0.443. The SMILES string of the molecule is Nc1nc(-c2cc(-c3ccon3)n(Cc3ccccc3F)n2)ncc1NC(=O)c1ccccc1Cl. The predicted octanol–water partition coefficient (Wildman–Crippen LogP) is 4.67. The van der Waals surface area contributed by atoms with Gasteiger partial charge in [-0.15, -0.1) is 0 Å². The maximum absolute atomic E-state index is 14.3. The molecule has 3 N–H and O–H groups in total. The van der Waals surface area contributed by atoms with Crippen LogP contribution in [0.5, 0.6) is 0 Å². The van der Waals surface area contributed by atoms with Crippen LogP contribution in [0.4, 0.5) is 15.9 Å². The summed E-state index contributed by atoms with van der Waals surface area (Å²) in [6.07, 6.45) is 2.82. The Morgan fingerprint density at radius 3 is 2.66 bits per heavy atom. The van der Waals surface area contributed by atoms with Gasteiger partial charge in [-0.3, -0.25) is 9.48 Å². The number of hydrogen-bond donors (Lipinski definition) is 2. The fraction of sp³-hybridized carbons (Fsp3) is 0.0417. The third kappa shape index (κ3) is 4.59. The van der Waals surface area contributed by atoms with Crippen LogP contribution in [-0.2, 0) is 6.54 Å². The van der Waals surface area contributed by atoms with Crippen LogP contribution in [0.1, 0.15) is 15.9 Å². The van der Waals surface area contributed by atoms with Gasteiger partial charge in [0, 0.05) is 11.6 Å². The first-order valence-electron chi connectivity index (χ1n) is 10.4. The van der Waals surface area contributed by atoms with E-state index in [0.717, 1.165) is 0 Å². The van der Waals surface area contributed by atoms with Crippen molar-refractivity contribution < 1.29 is 13.7 Å². The number of nitrogen functional groups attached to an aromatic ring is 1. The molecule has 0 atom stereocenters. The van der Waals surface area contributed by atoms with Crippen LogP contribution in [0, 0.1) is 5.82 Å². The predicted molar refractivity (Wildman–Crippen MR) is 128 cm³/mol. The molecule has 5 rings (SSSR count). The summed E-state index contributed by atoms with van der Waals surface area (Å²) in [4.78, 5) is 21.2. The number of rotatable bonds is 6. The average Bonchev–Trinajstić information content (AvgIpc) is 3.52. The van der Waals surface area contributed by atoms with Gasteiger partial charge >= 0.3 is 0 Å². The monoisotopic (exact) mass is 489 g/mol. The molecule has 2 aromatic carbocycles. The first-order chi connectivity index (χ1) is 17.0. The van der Waals surface area contributed by atoms with Crippen LogP contribution in [0.3, 0.4) is 0 Å². The van der Waals surface area contributed by atoms with Crippen LogP contribution < -0.4 is 11.1 Å². The van der Waals surface area contributed by atoms with Gasteiger partial charge in [0.05, 0.1) is 29.0 Å². The number of aromatic nitrogens is 5. The van der Waals surface area contributed by atoms with E-state index >= 15 is 0 Å². The first kappa shape index (κ1) is 22.2. The molecule has 11 heteroatoms. The molecule has 1 amide bonds. The van der Waals surface area contributed by atoms with Crippen molar-refractivity contribution in [3.63, 3.8) is 0 Å². The van der Waals surface area contributed by atoms with E-state index in [1.165, 1.54) is 18.5 Å². The molecule has 0 aliphatic heterocycles. The average molecular weight is 490 g/mol. The maximum Gasteiger partial charge on any atom is 0.257 e. The topological polar surface area (TPSA) is 125 Å². The second-order valence-corrected chi connectivity index (χ2v) is 7.88. The fourth-order valence-corrected chi connectivity index (χ4v) is 3.66. The Morgan fingerprint density at radius 1 is 1.11 bits per heavy atom. The van der Waals surface area contributed by atoms with Gasteiger partial charge in [0.25, 0.3) is 5.91 Å². The normalized spacial score (nSPS) is 10.9. The standard InChI is InChI=1S/C24H17ClFN7O2/c25-16-7-3-2-6-15(16)24(34)29-20-12-28-23(30-22(20)27)19-11-21(18-9-10-35-32-18)33(31-19)13-14-5-1-4-8-17(14)26/h1-12H,13H2,(H,29,34)(H2,27,28,30). The van der Waals surface area contributed by atoms with Crippen LogP contribution >= 0.6 is 11.6 Å². The number of amides is 1. The summed E-state index contributed by atoms with van der Waals surface area (Å²) in [7, 11) is 0. The number of nitrogens with zero attached hydrogens (tertiary/aromatic N) is 5. The number of anilines is 2. The molecule has 5 aromatic rings. The summed E-state index contributed by atoms with van der Waals surface area (Å²) in [6.45, 7) is 0.149. The van der Waals surface area contributed by atoms with E-state index < -0.39 is 5.91 Å². The van der Waals surface area contributed by atoms with Crippen molar-refractivity contribution >= 4 is 29.0 Å². The van der Waals surface area contributed by atoms with Crippen LogP contribution in [0.25, 0.3) is 22.9 Å². The lowest BCUT2D eigenvalue weighted by Crippen LogP contribution is -2.15. The van der Waals surface area contributed by atoms with Crippen molar-refractivity contribution in [2.75, 3.05) is 11.1 Å². The molecule has 174 valence electrons. The zero-order valence-corrected chi connectivity index (χ0v) is 18.8. The smallest absolute Gasteiger partial charge is 0.257 e. The summed E-state index contributed by atoms with van der Waals surface area (Å²) in [5, 5.41) is 11.5. The van der Waals surface area contributed by atoms with Gasteiger partial charge in [-0.2, -0.15) is 5.10 Å². The van der Waals surface area contributed by atoms with Crippen molar-refractivity contribution in [3.8, 4) is 22.9 Å². The summed E-state index contributed by atoms with van der Waals surface area (Å²) < 4.78 is 20.8. The van der Waals surface area contributed by atoms with Crippen molar-refractivity contribution in [2.24, 2.45) is 0 Å². The Bertz CT molecular complexity index is 1520. The zero-order valence-electron chi connectivity index (χ0n) is 18.0. The molecule has 0 saturated carbocycles. The molecule has 0 unspecified atom stereocenters. The van der Waals surface area contributed by atoms with E-state index in [4.69, 9.17) is 21.9 Å². The summed E-state index contributed by atoms with van der Waals surface area (Å²) >= 11 is 6.09. The van der Waals surface area contributed by atoms with E-state index in [9.17, 15) is 9.18 Å². The molecule has 0 saturated heterocycles. The number of benzene rings is 2. The molecule has 3 heterocycles. The summed E-state index contributed by atoms with van der Waals surface area (Å²) in [6, 6.07) is 16.4. The van der Waals surface area contributed by atoms with Crippen molar-refractivity contribution in [1.29, 1.82) is 0 Å². The lowest BCUT2D eigenvalue weighted by molar-refractivity contribution is 0.102. The van der Waals surface area contributed by atoms with E-state index in [1.807, 2.05) is 0 Å². The lowest BCUT2D eigenvalue weighted by atomic mass is 10.2. The van der Waals surface area contributed by atoms with Crippen molar-refractivity contribution in [2.45, 2.75) is 6.54 Å². The number of halogens is 2. The third-order valence-corrected chi connectivity index (χ3v) is 5.50. The third-order valence-electron chi connectivity index (χ3n) is 5.17. The minimum absolute atomic E-state index is 0.0436. The molecule has 0 spiro atoms. The number of nitrogens with one attached hydrogen (secondary N) is 1. The minimum Gasteiger partial charge on any atom is -0.382 e. The maximum atomic E-state index is 14.3. The molecular formula is C24H17ClFN7O2. The first-order valence-corrected chi connectivity index (χ1v) is 10.8. The highest BCUT2D eigenvalue weighted by Gasteiger charge is 2.18. The second kappa shape index (κ2) is 9.35. The zero-order chi connectivity index (χ0) is 24.4. The van der Waals surface area contributed by atoms with Gasteiger partial charge in [-0.05, 0) is 24.3 Å². The van der Waals surface area contributed by atoms with Crippen LogP contribution in [-0.4, -0.2) is 30.8 Å². The van der Waals surface area contributed by atoms with Gasteiger partial charge in [-0.25, -0.2) is 14.4 Å². The number of carbonyl (C=O) groups excluding carboxylic acids is 1. The Balaban J connectivity index is 1.46. The molecule has 9 nitrogen and oxygen atoms in total. The quantitative estimate of drug-likeness (QED) is 0.355. The largest absolute Gasteiger partial charge is 0.382 e. The van der Waals surface area contributed by atoms with Crippen molar-refractivity contribution in [3.05, 3.63) is 95.1 Å². The van der Waals surface area contributed by atoms with E-state index in [2.05, 4.69) is 25.5 Å². The van der Waals surface area contributed by atoms with E-state index in [1.54, 1.807) is 59.3 Å². The van der Waals surface area contributed by atoms with Gasteiger partial charge in [0.15, 0.2) is 11.6 Å². The molecule has 3 aromatic heterocycles.